The van der Waals surface area contributed by atoms with Crippen LogP contribution in [0, 0.1) is 6.92 Å². The molecule has 0 spiro atoms. The highest BCUT2D eigenvalue weighted by Gasteiger charge is 2.10. The zero-order chi connectivity index (χ0) is 14.8. The highest BCUT2D eigenvalue weighted by atomic mass is 35.5. The van der Waals surface area contributed by atoms with Crippen LogP contribution >= 0.6 is 34.5 Å². The van der Waals surface area contributed by atoms with Crippen molar-refractivity contribution in [3.8, 4) is 11.3 Å². The molecule has 0 atom stereocenters. The molecular formula is C16H12Cl2N2S. The number of benzene rings is 2. The normalized spacial score (nSPS) is 10.6. The summed E-state index contributed by atoms with van der Waals surface area (Å²) in [6, 6.07) is 15.3. The van der Waals surface area contributed by atoms with Gasteiger partial charge in [0.2, 0.25) is 0 Å². The summed E-state index contributed by atoms with van der Waals surface area (Å²) in [4.78, 5) is 5.81. The monoisotopic (exact) mass is 334 g/mol. The molecule has 2 aromatic carbocycles. The minimum absolute atomic E-state index is 0.700. The second-order valence-electron chi connectivity index (χ2n) is 4.57. The summed E-state index contributed by atoms with van der Waals surface area (Å²) in [5.41, 5.74) is 2.97. The topological polar surface area (TPSA) is 24.9 Å². The summed E-state index contributed by atoms with van der Waals surface area (Å²) in [5.74, 6) is 0. The standard InChI is InChI=1S/C16H12Cl2N2S/c1-10-15(11-5-7-12(17)8-6-11)20-16(21-10)19-14-4-2-3-13(18)9-14/h2-9H,1H3,(H,19,20). The Morgan fingerprint density at radius 1 is 1.00 bits per heavy atom. The van der Waals surface area contributed by atoms with Gasteiger partial charge in [-0.1, -0.05) is 41.4 Å². The molecule has 2 nitrogen and oxygen atoms in total. The molecule has 0 aliphatic carbocycles. The van der Waals surface area contributed by atoms with Crippen molar-refractivity contribution in [3.05, 3.63) is 63.5 Å². The van der Waals surface area contributed by atoms with Crippen LogP contribution in [0.25, 0.3) is 11.3 Å². The van der Waals surface area contributed by atoms with Crippen LogP contribution in [0.5, 0.6) is 0 Å². The second kappa shape index (κ2) is 6.06. The van der Waals surface area contributed by atoms with Crippen molar-refractivity contribution in [2.24, 2.45) is 0 Å². The average molecular weight is 335 g/mol. The van der Waals surface area contributed by atoms with Crippen LogP contribution in [-0.2, 0) is 0 Å². The molecule has 3 rings (SSSR count). The average Bonchev–Trinajstić information content (AvgIpc) is 2.80. The fraction of sp³-hybridized carbons (Fsp3) is 0.0625. The number of nitrogens with one attached hydrogen (secondary N) is 1. The molecule has 5 heteroatoms. The highest BCUT2D eigenvalue weighted by molar-refractivity contribution is 7.16. The molecule has 0 amide bonds. The van der Waals surface area contributed by atoms with E-state index in [1.807, 2.05) is 48.5 Å². The summed E-state index contributed by atoms with van der Waals surface area (Å²) in [6.45, 7) is 2.06. The minimum Gasteiger partial charge on any atom is -0.331 e. The Morgan fingerprint density at radius 2 is 1.76 bits per heavy atom. The molecule has 106 valence electrons. The maximum absolute atomic E-state index is 5.99. The van der Waals surface area contributed by atoms with E-state index in [-0.39, 0.29) is 0 Å². The van der Waals surface area contributed by atoms with Crippen molar-refractivity contribution in [2.75, 3.05) is 5.32 Å². The summed E-state index contributed by atoms with van der Waals surface area (Å²) >= 11 is 13.5. The molecule has 1 heterocycles. The second-order valence-corrected chi connectivity index (χ2v) is 6.64. The third kappa shape index (κ3) is 3.38. The molecule has 3 aromatic rings. The number of rotatable bonds is 3. The molecule has 0 saturated carbocycles. The van der Waals surface area contributed by atoms with Gasteiger partial charge in [0.05, 0.1) is 5.69 Å². The molecule has 1 aromatic heterocycles. The maximum Gasteiger partial charge on any atom is 0.187 e. The Bertz CT molecular complexity index is 766. The summed E-state index contributed by atoms with van der Waals surface area (Å²) < 4.78 is 0. The van der Waals surface area contributed by atoms with Gasteiger partial charge in [-0.3, -0.25) is 0 Å². The molecule has 0 aliphatic heterocycles. The zero-order valence-electron chi connectivity index (χ0n) is 11.2. The van der Waals surface area contributed by atoms with Crippen LogP contribution in [0.15, 0.2) is 48.5 Å². The molecule has 21 heavy (non-hydrogen) atoms. The first-order valence-electron chi connectivity index (χ1n) is 6.38. The van der Waals surface area contributed by atoms with Gasteiger partial charge in [0.15, 0.2) is 5.13 Å². The lowest BCUT2D eigenvalue weighted by atomic mass is 10.1. The van der Waals surface area contributed by atoms with Crippen LogP contribution in [0.4, 0.5) is 10.8 Å². The third-order valence-corrected chi connectivity index (χ3v) is 4.36. The predicted octanol–water partition coefficient (Wildman–Crippen LogP) is 6.17. The summed E-state index contributed by atoms with van der Waals surface area (Å²) in [6.07, 6.45) is 0. The highest BCUT2D eigenvalue weighted by Crippen LogP contribution is 2.32. The van der Waals surface area contributed by atoms with Gasteiger partial charge in [0.25, 0.3) is 0 Å². The fourth-order valence-electron chi connectivity index (χ4n) is 2.02. The van der Waals surface area contributed by atoms with Crippen molar-refractivity contribution < 1.29 is 0 Å². The number of anilines is 2. The van der Waals surface area contributed by atoms with E-state index >= 15 is 0 Å². The van der Waals surface area contributed by atoms with Crippen molar-refractivity contribution >= 4 is 45.4 Å². The number of aromatic nitrogens is 1. The van der Waals surface area contributed by atoms with Crippen molar-refractivity contribution in [3.63, 3.8) is 0 Å². The molecule has 0 saturated heterocycles. The predicted molar refractivity (Wildman–Crippen MR) is 92.0 cm³/mol. The quantitative estimate of drug-likeness (QED) is 0.619. The Labute approximate surface area is 137 Å². The minimum atomic E-state index is 0.700. The van der Waals surface area contributed by atoms with E-state index in [2.05, 4.69) is 17.2 Å². The van der Waals surface area contributed by atoms with E-state index < -0.39 is 0 Å². The van der Waals surface area contributed by atoms with Gasteiger partial charge in [-0.15, -0.1) is 11.3 Å². The van der Waals surface area contributed by atoms with Gasteiger partial charge >= 0.3 is 0 Å². The first kappa shape index (κ1) is 14.4. The van der Waals surface area contributed by atoms with E-state index in [4.69, 9.17) is 23.2 Å². The van der Waals surface area contributed by atoms with E-state index in [1.54, 1.807) is 11.3 Å². The molecule has 0 bridgehead atoms. The number of hydrogen-bond acceptors (Lipinski definition) is 3. The SMILES string of the molecule is Cc1sc(Nc2cccc(Cl)c2)nc1-c1ccc(Cl)cc1. The van der Waals surface area contributed by atoms with Crippen LogP contribution in [0.2, 0.25) is 10.0 Å². The molecule has 1 N–H and O–H groups in total. The van der Waals surface area contributed by atoms with Crippen molar-refractivity contribution in [1.82, 2.24) is 4.98 Å². The third-order valence-electron chi connectivity index (χ3n) is 2.99. The van der Waals surface area contributed by atoms with E-state index in [0.29, 0.717) is 5.02 Å². The van der Waals surface area contributed by atoms with Crippen LogP contribution in [-0.4, -0.2) is 4.98 Å². The first-order chi connectivity index (χ1) is 10.1. The Hall–Kier alpha value is -1.55. The van der Waals surface area contributed by atoms with Crippen molar-refractivity contribution in [2.45, 2.75) is 6.92 Å². The van der Waals surface area contributed by atoms with E-state index in [0.717, 1.165) is 32.0 Å². The maximum atomic E-state index is 5.99. The number of hydrogen-bond donors (Lipinski definition) is 1. The molecule has 0 fully saturated rings. The summed E-state index contributed by atoms with van der Waals surface area (Å²) in [5, 5.41) is 5.56. The molecule has 0 radical (unpaired) electrons. The Morgan fingerprint density at radius 3 is 2.48 bits per heavy atom. The number of halogens is 2. The lowest BCUT2D eigenvalue weighted by molar-refractivity contribution is 1.36. The lowest BCUT2D eigenvalue weighted by Gasteiger charge is -2.02. The van der Waals surface area contributed by atoms with E-state index in [1.165, 1.54) is 0 Å². The molecule has 0 aliphatic rings. The van der Waals surface area contributed by atoms with Crippen LogP contribution in [0.1, 0.15) is 4.88 Å². The molecular weight excluding hydrogens is 323 g/mol. The van der Waals surface area contributed by atoms with Crippen LogP contribution in [0.3, 0.4) is 0 Å². The lowest BCUT2D eigenvalue weighted by Crippen LogP contribution is -1.89. The number of aryl methyl sites for hydroxylation is 1. The largest absolute Gasteiger partial charge is 0.331 e. The van der Waals surface area contributed by atoms with E-state index in [9.17, 15) is 0 Å². The Kier molecular flexibility index (Phi) is 4.15. The summed E-state index contributed by atoms with van der Waals surface area (Å²) in [7, 11) is 0. The Balaban J connectivity index is 1.89. The van der Waals surface area contributed by atoms with Crippen LogP contribution < -0.4 is 5.32 Å². The number of nitrogens with zero attached hydrogens (tertiary/aromatic N) is 1. The first-order valence-corrected chi connectivity index (χ1v) is 7.95. The van der Waals surface area contributed by atoms with Gasteiger partial charge in [0.1, 0.15) is 0 Å². The van der Waals surface area contributed by atoms with Gasteiger partial charge < -0.3 is 5.32 Å². The fourth-order valence-corrected chi connectivity index (χ4v) is 3.19. The van der Waals surface area contributed by atoms with Crippen molar-refractivity contribution in [1.29, 1.82) is 0 Å². The zero-order valence-corrected chi connectivity index (χ0v) is 13.6. The molecule has 0 unspecified atom stereocenters. The van der Waals surface area contributed by atoms with Gasteiger partial charge in [0, 0.05) is 26.2 Å². The smallest absolute Gasteiger partial charge is 0.187 e. The van der Waals surface area contributed by atoms with Gasteiger partial charge in [-0.05, 0) is 37.3 Å². The van der Waals surface area contributed by atoms with Gasteiger partial charge in [-0.25, -0.2) is 4.98 Å². The number of thiazole rings is 1. The van der Waals surface area contributed by atoms with Gasteiger partial charge in [-0.2, -0.15) is 0 Å².